The van der Waals surface area contributed by atoms with Crippen LogP contribution in [0.2, 0.25) is 0 Å². The van der Waals surface area contributed by atoms with Crippen molar-refractivity contribution in [1.29, 1.82) is 0 Å². The molecule has 0 saturated carbocycles. The molecule has 1 amide bonds. The lowest BCUT2D eigenvalue weighted by Gasteiger charge is -2.24. The van der Waals surface area contributed by atoms with Crippen LogP contribution in [0.1, 0.15) is 28.8 Å². The van der Waals surface area contributed by atoms with Crippen molar-refractivity contribution in [3.05, 3.63) is 45.4 Å². The summed E-state index contributed by atoms with van der Waals surface area (Å²) in [6, 6.07) is 6.02. The molecule has 0 atom stereocenters. The van der Waals surface area contributed by atoms with Gasteiger partial charge in [0.2, 0.25) is 5.91 Å². The highest BCUT2D eigenvalue weighted by Gasteiger charge is 2.17. The number of morpholine rings is 1. The highest BCUT2D eigenvalue weighted by molar-refractivity contribution is 7.09. The number of hydrogen-bond acceptors (Lipinski definition) is 6. The smallest absolute Gasteiger partial charge is 0.246 e. The second kappa shape index (κ2) is 9.77. The molecule has 0 unspecified atom stereocenters. The van der Waals surface area contributed by atoms with Crippen LogP contribution in [0, 0.1) is 6.92 Å². The number of quaternary nitrogens is 1. The quantitative estimate of drug-likeness (QED) is 0.533. The SMILES string of the molecule is COc1ccc(/C(C)=N\NC(=O)Cc2nc(C)cs2)cc1C[NH+]1CCOCC1. The van der Waals surface area contributed by atoms with Crippen LogP contribution in [-0.2, 0) is 22.5 Å². The first-order chi connectivity index (χ1) is 13.5. The average Bonchev–Trinajstić information content (AvgIpc) is 3.11. The molecular formula is C20H27N4O3S+. The second-order valence-corrected chi connectivity index (χ2v) is 7.80. The van der Waals surface area contributed by atoms with Gasteiger partial charge in [0.1, 0.15) is 30.4 Å². The fraction of sp³-hybridized carbons (Fsp3) is 0.450. The van der Waals surface area contributed by atoms with E-state index in [9.17, 15) is 4.79 Å². The molecule has 150 valence electrons. The van der Waals surface area contributed by atoms with E-state index < -0.39 is 0 Å². The van der Waals surface area contributed by atoms with Gasteiger partial charge in [0.15, 0.2) is 0 Å². The number of ether oxygens (including phenoxy) is 2. The molecule has 0 radical (unpaired) electrons. The number of carbonyl (C=O) groups excluding carboxylic acids is 1. The first-order valence-corrected chi connectivity index (χ1v) is 10.3. The van der Waals surface area contributed by atoms with Gasteiger partial charge in [-0.3, -0.25) is 4.79 Å². The largest absolute Gasteiger partial charge is 0.496 e. The predicted molar refractivity (Wildman–Crippen MR) is 109 cm³/mol. The molecule has 0 bridgehead atoms. The molecule has 0 aliphatic carbocycles. The van der Waals surface area contributed by atoms with Gasteiger partial charge in [-0.05, 0) is 37.6 Å². The third-order valence-corrected chi connectivity index (χ3v) is 5.63. The van der Waals surface area contributed by atoms with Crippen LogP contribution in [0.15, 0.2) is 28.7 Å². The first-order valence-electron chi connectivity index (χ1n) is 9.38. The minimum absolute atomic E-state index is 0.166. The summed E-state index contributed by atoms with van der Waals surface area (Å²) in [5.74, 6) is 0.707. The zero-order valence-corrected chi connectivity index (χ0v) is 17.4. The summed E-state index contributed by atoms with van der Waals surface area (Å²) < 4.78 is 11.0. The number of carbonyl (C=O) groups is 1. The van der Waals surface area contributed by atoms with Gasteiger partial charge in [0, 0.05) is 16.6 Å². The number of hydrogen-bond donors (Lipinski definition) is 2. The third-order valence-electron chi connectivity index (χ3n) is 4.67. The van der Waals surface area contributed by atoms with Crippen LogP contribution < -0.4 is 15.1 Å². The number of aromatic nitrogens is 1. The molecule has 2 aromatic rings. The fourth-order valence-corrected chi connectivity index (χ4v) is 3.89. The number of nitrogens with zero attached hydrogens (tertiary/aromatic N) is 2. The summed E-state index contributed by atoms with van der Waals surface area (Å²) in [5, 5.41) is 7.00. The first kappa shape index (κ1) is 20.4. The Balaban J connectivity index is 1.66. The maximum Gasteiger partial charge on any atom is 0.246 e. The van der Waals surface area contributed by atoms with Crippen LogP contribution in [0.5, 0.6) is 5.75 Å². The molecular weight excluding hydrogens is 376 g/mol. The molecule has 1 saturated heterocycles. The van der Waals surface area contributed by atoms with Crippen LogP contribution >= 0.6 is 11.3 Å². The molecule has 8 heteroatoms. The summed E-state index contributed by atoms with van der Waals surface area (Å²) in [6.45, 7) is 8.26. The molecule has 2 heterocycles. The monoisotopic (exact) mass is 403 g/mol. The summed E-state index contributed by atoms with van der Waals surface area (Å²) in [5.41, 5.74) is 6.42. The van der Waals surface area contributed by atoms with Crippen molar-refractivity contribution >= 4 is 23.0 Å². The number of hydrazone groups is 1. The molecule has 28 heavy (non-hydrogen) atoms. The highest BCUT2D eigenvalue weighted by atomic mass is 32.1. The van der Waals surface area contributed by atoms with E-state index in [1.807, 2.05) is 31.4 Å². The Morgan fingerprint density at radius 2 is 2.18 bits per heavy atom. The summed E-state index contributed by atoms with van der Waals surface area (Å²) in [7, 11) is 1.69. The standard InChI is InChI=1S/C20H26N4O3S/c1-14-13-28-20(21-14)11-19(25)23-22-15(2)16-4-5-18(26-3)17(10-16)12-24-6-8-27-9-7-24/h4-5,10,13H,6-9,11-12H2,1-3H3,(H,23,25)/p+1/b22-15-. The third kappa shape index (κ3) is 5.60. The maximum absolute atomic E-state index is 12.1. The molecule has 1 aromatic heterocycles. The van der Waals surface area contributed by atoms with Gasteiger partial charge < -0.3 is 14.4 Å². The molecule has 1 fully saturated rings. The van der Waals surface area contributed by atoms with Crippen molar-refractivity contribution in [2.24, 2.45) is 5.10 Å². The summed E-state index contributed by atoms with van der Waals surface area (Å²) in [6.07, 6.45) is 0.240. The Labute approximate surface area is 169 Å². The number of nitrogens with one attached hydrogen (secondary N) is 2. The van der Waals surface area contributed by atoms with Gasteiger partial charge in [-0.2, -0.15) is 5.10 Å². The van der Waals surface area contributed by atoms with E-state index in [4.69, 9.17) is 9.47 Å². The Kier molecular flexibility index (Phi) is 7.13. The van der Waals surface area contributed by atoms with E-state index in [-0.39, 0.29) is 12.3 Å². The van der Waals surface area contributed by atoms with Gasteiger partial charge >= 0.3 is 0 Å². The Hall–Kier alpha value is -2.29. The van der Waals surface area contributed by atoms with Gasteiger partial charge in [-0.25, -0.2) is 10.4 Å². The van der Waals surface area contributed by atoms with Gasteiger partial charge in [0.05, 0.1) is 32.5 Å². The molecule has 1 aromatic carbocycles. The number of aryl methyl sites for hydroxylation is 1. The lowest BCUT2D eigenvalue weighted by molar-refractivity contribution is -0.921. The van der Waals surface area contributed by atoms with Crippen molar-refractivity contribution in [3.63, 3.8) is 0 Å². The average molecular weight is 404 g/mol. The minimum Gasteiger partial charge on any atom is -0.496 e. The van der Waals surface area contributed by atoms with E-state index in [1.165, 1.54) is 16.2 Å². The molecule has 2 N–H and O–H groups in total. The van der Waals surface area contributed by atoms with Crippen molar-refractivity contribution in [1.82, 2.24) is 10.4 Å². The number of amides is 1. The number of thiazole rings is 1. The van der Waals surface area contributed by atoms with E-state index >= 15 is 0 Å². The van der Waals surface area contributed by atoms with E-state index in [1.54, 1.807) is 7.11 Å². The van der Waals surface area contributed by atoms with Crippen molar-refractivity contribution in [3.8, 4) is 5.75 Å². The van der Waals surface area contributed by atoms with Crippen molar-refractivity contribution in [2.45, 2.75) is 26.8 Å². The van der Waals surface area contributed by atoms with Crippen LogP contribution in [0.3, 0.4) is 0 Å². The van der Waals surface area contributed by atoms with Crippen LogP contribution in [-0.4, -0.2) is 50.0 Å². The zero-order chi connectivity index (χ0) is 19.9. The van der Waals surface area contributed by atoms with Crippen LogP contribution in [0.4, 0.5) is 0 Å². The highest BCUT2D eigenvalue weighted by Crippen LogP contribution is 2.19. The minimum atomic E-state index is -0.166. The Morgan fingerprint density at radius 1 is 1.39 bits per heavy atom. The van der Waals surface area contributed by atoms with Crippen LogP contribution in [0.25, 0.3) is 0 Å². The lowest BCUT2D eigenvalue weighted by Crippen LogP contribution is -3.12. The van der Waals surface area contributed by atoms with Crippen molar-refractivity contribution in [2.75, 3.05) is 33.4 Å². The molecule has 3 rings (SSSR count). The topological polar surface area (TPSA) is 77.2 Å². The van der Waals surface area contributed by atoms with E-state index in [0.29, 0.717) is 0 Å². The zero-order valence-electron chi connectivity index (χ0n) is 16.6. The summed E-state index contributed by atoms with van der Waals surface area (Å²) >= 11 is 1.49. The van der Waals surface area contributed by atoms with Gasteiger partial charge in [-0.1, -0.05) is 0 Å². The van der Waals surface area contributed by atoms with Crippen molar-refractivity contribution < 1.29 is 19.2 Å². The Morgan fingerprint density at radius 3 is 2.86 bits per heavy atom. The molecule has 1 aliphatic rings. The predicted octanol–water partition coefficient (Wildman–Crippen LogP) is 0.958. The maximum atomic E-state index is 12.1. The second-order valence-electron chi connectivity index (χ2n) is 6.86. The fourth-order valence-electron chi connectivity index (χ4n) is 3.12. The van der Waals surface area contributed by atoms with E-state index in [0.717, 1.165) is 66.1 Å². The molecule has 7 nitrogen and oxygen atoms in total. The summed E-state index contributed by atoms with van der Waals surface area (Å²) in [4.78, 5) is 17.9. The lowest BCUT2D eigenvalue weighted by atomic mass is 10.1. The van der Waals surface area contributed by atoms with Gasteiger partial charge in [-0.15, -0.1) is 11.3 Å². The molecule has 1 aliphatic heterocycles. The van der Waals surface area contributed by atoms with E-state index in [2.05, 4.69) is 21.6 Å². The Bertz CT molecular complexity index is 844. The number of methoxy groups -OCH3 is 1. The normalized spacial score (nSPS) is 15.5. The molecule has 0 spiro atoms. The number of benzene rings is 1. The number of rotatable bonds is 7. The van der Waals surface area contributed by atoms with Gasteiger partial charge in [0.25, 0.3) is 0 Å².